The Hall–Kier alpha value is -2.20. The molecule has 0 bridgehead atoms. The Morgan fingerprint density at radius 3 is 2.62 bits per heavy atom. The molecule has 0 unspecified atom stereocenters. The molecule has 21 heavy (non-hydrogen) atoms. The van der Waals surface area contributed by atoms with Crippen LogP contribution in [-0.4, -0.2) is 9.78 Å². The Morgan fingerprint density at radius 2 is 1.95 bits per heavy atom. The van der Waals surface area contributed by atoms with Crippen molar-refractivity contribution in [2.45, 2.75) is 17.6 Å². The number of aryl methyl sites for hydroxylation is 1. The molecule has 0 saturated heterocycles. The fraction of sp³-hybridized carbons (Fsp3) is 0.118. The first-order valence-electron chi connectivity index (χ1n) is 6.80. The number of thioether (sulfide) groups is 1. The van der Waals surface area contributed by atoms with E-state index >= 15 is 0 Å². The zero-order valence-corrected chi connectivity index (χ0v) is 12.7. The summed E-state index contributed by atoms with van der Waals surface area (Å²) in [6, 6.07) is 16.6. The van der Waals surface area contributed by atoms with Gasteiger partial charge in [0.25, 0.3) is 0 Å². The van der Waals surface area contributed by atoms with Crippen LogP contribution in [0.3, 0.4) is 0 Å². The number of hydrogen-bond donors (Lipinski definition) is 1. The molecule has 0 radical (unpaired) electrons. The van der Waals surface area contributed by atoms with Gasteiger partial charge in [0.15, 0.2) is 0 Å². The van der Waals surface area contributed by atoms with E-state index in [4.69, 9.17) is 5.73 Å². The van der Waals surface area contributed by atoms with Crippen molar-refractivity contribution in [1.82, 2.24) is 9.78 Å². The second-order valence-corrected chi connectivity index (χ2v) is 5.97. The number of rotatable bonds is 4. The Bertz CT molecular complexity index is 718. The van der Waals surface area contributed by atoms with Gasteiger partial charge in [-0.15, -0.1) is 11.8 Å². The van der Waals surface area contributed by atoms with Crippen molar-refractivity contribution in [3.63, 3.8) is 0 Å². The molecule has 2 N–H and O–H groups in total. The molecule has 0 aliphatic carbocycles. The summed E-state index contributed by atoms with van der Waals surface area (Å²) < 4.78 is 1.86. The third-order valence-corrected chi connectivity index (χ3v) is 4.42. The minimum absolute atomic E-state index is 0.850. The topological polar surface area (TPSA) is 43.8 Å². The smallest absolute Gasteiger partial charge is 0.0645 e. The lowest BCUT2D eigenvalue weighted by Gasteiger charge is -2.06. The number of nitrogens with two attached hydrogens (primary N) is 1. The minimum atomic E-state index is 0.850. The van der Waals surface area contributed by atoms with Crippen LogP contribution in [0.25, 0.3) is 5.69 Å². The Morgan fingerprint density at radius 1 is 1.14 bits per heavy atom. The molecule has 0 saturated carbocycles. The van der Waals surface area contributed by atoms with Gasteiger partial charge in [-0.05, 0) is 54.4 Å². The molecule has 3 nitrogen and oxygen atoms in total. The van der Waals surface area contributed by atoms with Gasteiger partial charge < -0.3 is 5.73 Å². The van der Waals surface area contributed by atoms with E-state index in [9.17, 15) is 0 Å². The minimum Gasteiger partial charge on any atom is -0.399 e. The van der Waals surface area contributed by atoms with Crippen molar-refractivity contribution in [2.75, 3.05) is 5.73 Å². The van der Waals surface area contributed by atoms with E-state index < -0.39 is 0 Å². The fourth-order valence-electron chi connectivity index (χ4n) is 2.07. The zero-order chi connectivity index (χ0) is 14.7. The number of anilines is 1. The van der Waals surface area contributed by atoms with E-state index in [1.807, 2.05) is 41.7 Å². The molecule has 4 heteroatoms. The van der Waals surface area contributed by atoms with Crippen LogP contribution in [0.5, 0.6) is 0 Å². The van der Waals surface area contributed by atoms with Gasteiger partial charge in [0.1, 0.15) is 0 Å². The Balaban J connectivity index is 1.66. The molecule has 3 aromatic rings. The average Bonchev–Trinajstić information content (AvgIpc) is 3.03. The number of nitrogen functional groups attached to an aromatic ring is 1. The van der Waals surface area contributed by atoms with Crippen LogP contribution >= 0.6 is 11.8 Å². The maximum Gasteiger partial charge on any atom is 0.0645 e. The molecule has 0 aliphatic heterocycles. The number of aromatic nitrogens is 2. The summed E-state index contributed by atoms with van der Waals surface area (Å²) in [4.78, 5) is 1.25. The van der Waals surface area contributed by atoms with Crippen LogP contribution in [0, 0.1) is 6.92 Å². The number of nitrogens with zero attached hydrogens (tertiary/aromatic N) is 2. The van der Waals surface area contributed by atoms with Crippen molar-refractivity contribution >= 4 is 17.4 Å². The molecule has 2 aromatic carbocycles. The first-order chi connectivity index (χ1) is 10.2. The monoisotopic (exact) mass is 295 g/mol. The van der Waals surface area contributed by atoms with Gasteiger partial charge in [-0.3, -0.25) is 0 Å². The molecule has 0 amide bonds. The van der Waals surface area contributed by atoms with Crippen molar-refractivity contribution in [2.24, 2.45) is 0 Å². The highest BCUT2D eigenvalue weighted by molar-refractivity contribution is 7.98. The summed E-state index contributed by atoms with van der Waals surface area (Å²) in [6.45, 7) is 2.04. The highest BCUT2D eigenvalue weighted by Gasteiger charge is 2.01. The first kappa shape index (κ1) is 13.8. The molecular formula is C17H17N3S. The first-order valence-corrected chi connectivity index (χ1v) is 7.79. The zero-order valence-electron chi connectivity index (χ0n) is 11.9. The molecule has 0 fully saturated rings. The molecule has 3 rings (SSSR count). The number of hydrogen-bond acceptors (Lipinski definition) is 3. The fourth-order valence-corrected chi connectivity index (χ4v) is 3.02. The summed E-state index contributed by atoms with van der Waals surface area (Å²) in [5.74, 6) is 0.947. The van der Waals surface area contributed by atoms with Crippen LogP contribution in [0.4, 0.5) is 5.69 Å². The quantitative estimate of drug-likeness (QED) is 0.583. The van der Waals surface area contributed by atoms with Crippen LogP contribution < -0.4 is 5.73 Å². The highest BCUT2D eigenvalue weighted by atomic mass is 32.2. The van der Waals surface area contributed by atoms with E-state index in [-0.39, 0.29) is 0 Å². The summed E-state index contributed by atoms with van der Waals surface area (Å²) in [6.07, 6.45) is 3.73. The highest BCUT2D eigenvalue weighted by Crippen LogP contribution is 2.26. The maximum absolute atomic E-state index is 5.84. The molecule has 106 valence electrons. The molecule has 0 spiro atoms. The van der Waals surface area contributed by atoms with Gasteiger partial charge in [-0.2, -0.15) is 5.10 Å². The predicted octanol–water partition coefficient (Wildman–Crippen LogP) is 4.06. The predicted molar refractivity (Wildman–Crippen MR) is 88.7 cm³/mol. The summed E-state index contributed by atoms with van der Waals surface area (Å²) in [5.41, 5.74) is 10.2. The third-order valence-electron chi connectivity index (χ3n) is 3.35. The lowest BCUT2D eigenvalue weighted by molar-refractivity contribution is 0.880. The third kappa shape index (κ3) is 3.28. The second kappa shape index (κ2) is 6.06. The van der Waals surface area contributed by atoms with Crippen LogP contribution in [0.2, 0.25) is 0 Å². The van der Waals surface area contributed by atoms with Gasteiger partial charge in [-0.25, -0.2) is 4.68 Å². The molecule has 1 aromatic heterocycles. The van der Waals surface area contributed by atoms with E-state index in [1.165, 1.54) is 10.5 Å². The summed E-state index contributed by atoms with van der Waals surface area (Å²) in [7, 11) is 0. The van der Waals surface area contributed by atoms with E-state index in [1.54, 1.807) is 6.20 Å². The number of benzene rings is 2. The average molecular weight is 295 g/mol. The van der Waals surface area contributed by atoms with Gasteiger partial charge in [0.05, 0.1) is 5.69 Å². The van der Waals surface area contributed by atoms with E-state index in [0.29, 0.717) is 0 Å². The normalized spacial score (nSPS) is 10.7. The molecule has 0 atom stereocenters. The van der Waals surface area contributed by atoms with Crippen molar-refractivity contribution in [3.05, 3.63) is 72.1 Å². The molecule has 1 heterocycles. The van der Waals surface area contributed by atoms with Crippen molar-refractivity contribution < 1.29 is 0 Å². The van der Waals surface area contributed by atoms with E-state index in [0.717, 1.165) is 22.7 Å². The SMILES string of the molecule is Cc1cc(SCc2ccc(-n3cccn3)cc2)ccc1N. The Kier molecular flexibility index (Phi) is 3.97. The van der Waals surface area contributed by atoms with Crippen molar-refractivity contribution in [1.29, 1.82) is 0 Å². The molecular weight excluding hydrogens is 278 g/mol. The van der Waals surface area contributed by atoms with Crippen LogP contribution in [0.1, 0.15) is 11.1 Å². The summed E-state index contributed by atoms with van der Waals surface area (Å²) >= 11 is 1.82. The van der Waals surface area contributed by atoms with Gasteiger partial charge in [-0.1, -0.05) is 12.1 Å². The maximum atomic E-state index is 5.84. The van der Waals surface area contributed by atoms with E-state index in [2.05, 4.69) is 41.5 Å². The van der Waals surface area contributed by atoms with Crippen molar-refractivity contribution in [3.8, 4) is 5.69 Å². The summed E-state index contributed by atoms with van der Waals surface area (Å²) in [5, 5.41) is 4.23. The largest absolute Gasteiger partial charge is 0.399 e. The van der Waals surface area contributed by atoms with Crippen LogP contribution in [-0.2, 0) is 5.75 Å². The van der Waals surface area contributed by atoms with Gasteiger partial charge in [0.2, 0.25) is 0 Å². The van der Waals surface area contributed by atoms with Crippen LogP contribution in [0.15, 0.2) is 65.8 Å². The van der Waals surface area contributed by atoms with Gasteiger partial charge >= 0.3 is 0 Å². The lowest BCUT2D eigenvalue weighted by Crippen LogP contribution is -1.94. The standard InChI is InChI=1S/C17H17N3S/c1-13-11-16(7-8-17(13)18)21-12-14-3-5-15(6-4-14)20-10-2-9-19-20/h2-11H,12,18H2,1H3. The molecule has 0 aliphatic rings. The second-order valence-electron chi connectivity index (χ2n) is 4.92. The Labute approximate surface area is 128 Å². The van der Waals surface area contributed by atoms with Gasteiger partial charge in [0, 0.05) is 28.7 Å². The lowest BCUT2D eigenvalue weighted by atomic mass is 10.2.